The van der Waals surface area contributed by atoms with Crippen molar-refractivity contribution in [2.24, 2.45) is 0 Å². The maximum Gasteiger partial charge on any atom is 0.320 e. The highest BCUT2D eigenvalue weighted by Gasteiger charge is 2.29. The summed E-state index contributed by atoms with van der Waals surface area (Å²) in [6, 6.07) is 9.58. The molecule has 124 valence electrons. The Morgan fingerprint density at radius 3 is 2.78 bits per heavy atom. The summed E-state index contributed by atoms with van der Waals surface area (Å²) in [5.41, 5.74) is 3.00. The number of rotatable bonds is 4. The lowest BCUT2D eigenvalue weighted by molar-refractivity contribution is -0.145. The summed E-state index contributed by atoms with van der Waals surface area (Å²) in [5.74, 6) is -0.0401. The fraction of sp³-hybridized carbons (Fsp3) is 0.412. The van der Waals surface area contributed by atoms with Crippen LogP contribution in [-0.2, 0) is 11.3 Å². The van der Waals surface area contributed by atoms with Crippen molar-refractivity contribution in [2.45, 2.75) is 38.8 Å². The lowest BCUT2D eigenvalue weighted by Gasteiger charge is -2.31. The fourth-order valence-electron chi connectivity index (χ4n) is 2.91. The van der Waals surface area contributed by atoms with E-state index in [-0.39, 0.29) is 12.4 Å². The first kappa shape index (κ1) is 17.5. The van der Waals surface area contributed by atoms with E-state index in [2.05, 4.69) is 5.16 Å². The average molecular weight is 337 g/mol. The second-order valence-electron chi connectivity index (χ2n) is 5.86. The predicted octanol–water partition coefficient (Wildman–Crippen LogP) is 3.51. The third-order valence-corrected chi connectivity index (χ3v) is 4.16. The molecule has 1 aliphatic rings. The van der Waals surface area contributed by atoms with Crippen LogP contribution in [0.1, 0.15) is 30.6 Å². The van der Waals surface area contributed by atoms with E-state index < -0.39 is 12.0 Å². The second kappa shape index (κ2) is 7.62. The minimum Gasteiger partial charge on any atom is -0.480 e. The Kier molecular flexibility index (Phi) is 5.80. The molecular weight excluding hydrogens is 316 g/mol. The van der Waals surface area contributed by atoms with Crippen LogP contribution in [0.3, 0.4) is 0 Å². The molecule has 1 fully saturated rings. The van der Waals surface area contributed by atoms with Gasteiger partial charge in [-0.3, -0.25) is 9.69 Å². The molecule has 1 aliphatic heterocycles. The van der Waals surface area contributed by atoms with Crippen LogP contribution in [0.2, 0.25) is 0 Å². The Morgan fingerprint density at radius 1 is 1.35 bits per heavy atom. The monoisotopic (exact) mass is 336 g/mol. The number of halogens is 1. The standard InChI is InChI=1S/C17H20N2O3.ClH/c1-12-5-7-13(8-6-12)15-10-14(22-18-15)11-19-9-3-2-4-16(19)17(20)21;/h5-8,10,16H,2-4,9,11H2,1H3,(H,20,21);1H. The van der Waals surface area contributed by atoms with Gasteiger partial charge in [0.2, 0.25) is 0 Å². The molecule has 6 heteroatoms. The van der Waals surface area contributed by atoms with Gasteiger partial charge in [-0.1, -0.05) is 41.4 Å². The molecule has 23 heavy (non-hydrogen) atoms. The summed E-state index contributed by atoms with van der Waals surface area (Å²) in [4.78, 5) is 13.3. The van der Waals surface area contributed by atoms with Gasteiger partial charge in [-0.15, -0.1) is 12.4 Å². The van der Waals surface area contributed by atoms with Crippen LogP contribution in [-0.4, -0.2) is 33.7 Å². The number of aromatic nitrogens is 1. The van der Waals surface area contributed by atoms with E-state index in [9.17, 15) is 9.90 Å². The molecule has 0 spiro atoms. The van der Waals surface area contributed by atoms with Crippen molar-refractivity contribution >= 4 is 18.4 Å². The molecule has 2 aromatic rings. The first-order valence-corrected chi connectivity index (χ1v) is 7.63. The van der Waals surface area contributed by atoms with Gasteiger partial charge in [0.1, 0.15) is 11.7 Å². The maximum absolute atomic E-state index is 11.3. The van der Waals surface area contributed by atoms with Gasteiger partial charge in [0.05, 0.1) is 6.54 Å². The van der Waals surface area contributed by atoms with E-state index in [1.54, 1.807) is 0 Å². The zero-order valence-electron chi connectivity index (χ0n) is 13.1. The van der Waals surface area contributed by atoms with E-state index in [0.29, 0.717) is 18.7 Å². The van der Waals surface area contributed by atoms with Crippen molar-refractivity contribution in [1.29, 1.82) is 0 Å². The summed E-state index contributed by atoms with van der Waals surface area (Å²) >= 11 is 0. The molecule has 1 unspecified atom stereocenters. The highest BCUT2D eigenvalue weighted by atomic mass is 35.5. The van der Waals surface area contributed by atoms with E-state index in [4.69, 9.17) is 4.52 Å². The van der Waals surface area contributed by atoms with Crippen LogP contribution < -0.4 is 0 Å². The van der Waals surface area contributed by atoms with Crippen LogP contribution in [0.5, 0.6) is 0 Å². The molecule has 5 nitrogen and oxygen atoms in total. The van der Waals surface area contributed by atoms with Crippen molar-refractivity contribution in [2.75, 3.05) is 6.54 Å². The molecule has 1 saturated heterocycles. The topological polar surface area (TPSA) is 66.6 Å². The quantitative estimate of drug-likeness (QED) is 0.925. The molecule has 0 amide bonds. The predicted molar refractivity (Wildman–Crippen MR) is 89.6 cm³/mol. The minimum absolute atomic E-state index is 0. The summed E-state index contributed by atoms with van der Waals surface area (Å²) in [5, 5.41) is 13.4. The number of nitrogens with zero attached hydrogens (tertiary/aromatic N) is 2. The van der Waals surface area contributed by atoms with Gasteiger partial charge in [-0.05, 0) is 26.3 Å². The largest absolute Gasteiger partial charge is 0.480 e. The Morgan fingerprint density at radius 2 is 2.09 bits per heavy atom. The van der Waals surface area contributed by atoms with Crippen LogP contribution in [0.15, 0.2) is 34.9 Å². The summed E-state index contributed by atoms with van der Waals surface area (Å²) < 4.78 is 5.40. The average Bonchev–Trinajstić information content (AvgIpc) is 2.97. The molecule has 3 rings (SSSR count). The number of carboxylic acid groups (broad SMARTS) is 1. The number of aliphatic carboxylic acids is 1. The van der Waals surface area contributed by atoms with Crippen molar-refractivity contribution in [3.63, 3.8) is 0 Å². The zero-order valence-corrected chi connectivity index (χ0v) is 13.9. The minimum atomic E-state index is -0.752. The summed E-state index contributed by atoms with van der Waals surface area (Å²) in [6.45, 7) is 3.33. The molecule has 1 atom stereocenters. The molecule has 0 radical (unpaired) electrons. The number of piperidine rings is 1. The zero-order chi connectivity index (χ0) is 15.5. The number of hydrogen-bond acceptors (Lipinski definition) is 4. The van der Waals surface area contributed by atoms with Gasteiger partial charge in [0, 0.05) is 11.6 Å². The Labute approximate surface area is 141 Å². The number of benzene rings is 1. The van der Waals surface area contributed by atoms with Crippen LogP contribution in [0, 0.1) is 6.92 Å². The van der Waals surface area contributed by atoms with Crippen LogP contribution in [0.4, 0.5) is 0 Å². The number of hydrogen-bond donors (Lipinski definition) is 1. The van der Waals surface area contributed by atoms with Crippen molar-refractivity contribution in [1.82, 2.24) is 10.1 Å². The van der Waals surface area contributed by atoms with Crippen LogP contribution in [0.25, 0.3) is 11.3 Å². The SMILES string of the molecule is Cc1ccc(-c2cc(CN3CCCCC3C(=O)O)on2)cc1.Cl. The van der Waals surface area contributed by atoms with E-state index in [1.165, 1.54) is 5.56 Å². The Balaban J connectivity index is 0.00000192. The fourth-order valence-corrected chi connectivity index (χ4v) is 2.91. The Bertz CT molecular complexity index is 654. The first-order chi connectivity index (χ1) is 10.6. The molecule has 1 aromatic heterocycles. The Hall–Kier alpha value is -1.85. The lowest BCUT2D eigenvalue weighted by Crippen LogP contribution is -2.43. The lowest BCUT2D eigenvalue weighted by atomic mass is 10.0. The smallest absolute Gasteiger partial charge is 0.320 e. The van der Waals surface area contributed by atoms with Crippen molar-refractivity contribution in [3.8, 4) is 11.3 Å². The third-order valence-electron chi connectivity index (χ3n) is 4.16. The number of carboxylic acids is 1. The van der Waals surface area contributed by atoms with Gasteiger partial charge in [0.15, 0.2) is 5.76 Å². The number of aryl methyl sites for hydroxylation is 1. The van der Waals surface area contributed by atoms with Crippen molar-refractivity contribution < 1.29 is 14.4 Å². The molecule has 0 bridgehead atoms. The van der Waals surface area contributed by atoms with E-state index >= 15 is 0 Å². The normalized spacial score (nSPS) is 18.4. The molecule has 0 aliphatic carbocycles. The van der Waals surface area contributed by atoms with Gasteiger partial charge in [-0.2, -0.15) is 0 Å². The van der Waals surface area contributed by atoms with Gasteiger partial charge >= 0.3 is 5.97 Å². The highest BCUT2D eigenvalue weighted by Crippen LogP contribution is 2.23. The molecule has 2 heterocycles. The third kappa shape index (κ3) is 4.12. The van der Waals surface area contributed by atoms with Gasteiger partial charge < -0.3 is 9.63 Å². The number of carbonyl (C=O) groups is 1. The van der Waals surface area contributed by atoms with E-state index in [0.717, 1.165) is 30.6 Å². The van der Waals surface area contributed by atoms with Gasteiger partial charge in [-0.25, -0.2) is 0 Å². The second-order valence-corrected chi connectivity index (χ2v) is 5.86. The van der Waals surface area contributed by atoms with Crippen LogP contribution >= 0.6 is 12.4 Å². The molecular formula is C17H21ClN2O3. The van der Waals surface area contributed by atoms with Crippen molar-refractivity contribution in [3.05, 3.63) is 41.7 Å². The first-order valence-electron chi connectivity index (χ1n) is 7.63. The van der Waals surface area contributed by atoms with E-state index in [1.807, 2.05) is 42.2 Å². The van der Waals surface area contributed by atoms with Gasteiger partial charge in [0.25, 0.3) is 0 Å². The summed E-state index contributed by atoms with van der Waals surface area (Å²) in [7, 11) is 0. The summed E-state index contributed by atoms with van der Waals surface area (Å²) in [6.07, 6.45) is 2.70. The maximum atomic E-state index is 11.3. The highest BCUT2D eigenvalue weighted by molar-refractivity contribution is 5.85. The molecule has 1 aromatic carbocycles. The molecule has 0 saturated carbocycles. The molecule has 1 N–H and O–H groups in total. The number of likely N-dealkylation sites (tertiary alicyclic amines) is 1.